The molecule has 1 heterocycles. The molecule has 0 spiro atoms. The van der Waals surface area contributed by atoms with Gasteiger partial charge >= 0.3 is 0 Å². The van der Waals surface area contributed by atoms with Crippen molar-refractivity contribution in [2.24, 2.45) is 0 Å². The number of anilines is 1. The Labute approximate surface area is 112 Å². The SMILES string of the molecule is CCNc1cc(Oc2ccccc2CO)nc(C)n1. The van der Waals surface area contributed by atoms with E-state index >= 15 is 0 Å². The van der Waals surface area contributed by atoms with E-state index in [9.17, 15) is 5.11 Å². The van der Waals surface area contributed by atoms with Crippen LogP contribution in [0.1, 0.15) is 18.3 Å². The number of para-hydroxylation sites is 1. The van der Waals surface area contributed by atoms with Gasteiger partial charge < -0.3 is 15.2 Å². The molecule has 0 aliphatic rings. The van der Waals surface area contributed by atoms with Gasteiger partial charge in [0, 0.05) is 18.2 Å². The molecule has 2 N–H and O–H groups in total. The first kappa shape index (κ1) is 13.3. The Morgan fingerprint density at radius 3 is 2.79 bits per heavy atom. The Morgan fingerprint density at radius 1 is 1.26 bits per heavy atom. The number of rotatable bonds is 5. The van der Waals surface area contributed by atoms with E-state index < -0.39 is 0 Å². The maximum Gasteiger partial charge on any atom is 0.224 e. The monoisotopic (exact) mass is 259 g/mol. The van der Waals surface area contributed by atoms with Crippen LogP contribution in [0.25, 0.3) is 0 Å². The van der Waals surface area contributed by atoms with E-state index in [0.717, 1.165) is 17.9 Å². The Hall–Kier alpha value is -2.14. The van der Waals surface area contributed by atoms with Crippen LogP contribution in [0.3, 0.4) is 0 Å². The van der Waals surface area contributed by atoms with Crippen molar-refractivity contribution in [2.45, 2.75) is 20.5 Å². The zero-order valence-corrected chi connectivity index (χ0v) is 11.1. The normalized spacial score (nSPS) is 10.3. The predicted molar refractivity (Wildman–Crippen MR) is 73.4 cm³/mol. The highest BCUT2D eigenvalue weighted by Crippen LogP contribution is 2.25. The highest BCUT2D eigenvalue weighted by atomic mass is 16.5. The van der Waals surface area contributed by atoms with E-state index in [0.29, 0.717) is 17.5 Å². The minimum absolute atomic E-state index is 0.0691. The number of hydrogen-bond donors (Lipinski definition) is 2. The topological polar surface area (TPSA) is 67.3 Å². The Balaban J connectivity index is 2.27. The molecule has 0 amide bonds. The van der Waals surface area contributed by atoms with Gasteiger partial charge in [-0.05, 0) is 19.9 Å². The first-order valence-electron chi connectivity index (χ1n) is 6.19. The second-order valence-corrected chi connectivity index (χ2v) is 4.04. The van der Waals surface area contributed by atoms with Gasteiger partial charge in [0.05, 0.1) is 6.61 Å². The predicted octanol–water partition coefficient (Wildman–Crippen LogP) is 2.50. The van der Waals surface area contributed by atoms with Gasteiger partial charge in [0.1, 0.15) is 17.4 Å². The standard InChI is InChI=1S/C14H17N3O2/c1-3-15-13-8-14(17-10(2)16-13)19-12-7-5-4-6-11(12)9-18/h4-8,18H,3,9H2,1-2H3,(H,15,16,17). The Bertz CT molecular complexity index is 558. The number of aryl methyl sites for hydroxylation is 1. The van der Waals surface area contributed by atoms with E-state index in [1.807, 2.05) is 32.0 Å². The van der Waals surface area contributed by atoms with Crippen LogP contribution < -0.4 is 10.1 Å². The molecule has 0 bridgehead atoms. The number of nitrogens with zero attached hydrogens (tertiary/aromatic N) is 2. The molecule has 0 radical (unpaired) electrons. The van der Waals surface area contributed by atoms with E-state index in [-0.39, 0.29) is 6.61 Å². The number of aliphatic hydroxyl groups is 1. The summed E-state index contributed by atoms with van der Waals surface area (Å²) in [6.07, 6.45) is 0. The molecule has 0 saturated carbocycles. The van der Waals surface area contributed by atoms with Gasteiger partial charge in [-0.3, -0.25) is 0 Å². The first-order chi connectivity index (χ1) is 9.22. The minimum Gasteiger partial charge on any atom is -0.438 e. The average molecular weight is 259 g/mol. The van der Waals surface area contributed by atoms with Crippen LogP contribution in [-0.4, -0.2) is 21.6 Å². The maximum atomic E-state index is 9.26. The Morgan fingerprint density at radius 2 is 2.05 bits per heavy atom. The third-order valence-electron chi connectivity index (χ3n) is 2.53. The lowest BCUT2D eigenvalue weighted by atomic mass is 10.2. The van der Waals surface area contributed by atoms with Gasteiger partial charge in [-0.25, -0.2) is 4.98 Å². The van der Waals surface area contributed by atoms with Crippen LogP contribution in [0.5, 0.6) is 11.6 Å². The second-order valence-electron chi connectivity index (χ2n) is 4.04. The van der Waals surface area contributed by atoms with Crippen molar-refractivity contribution in [1.29, 1.82) is 0 Å². The van der Waals surface area contributed by atoms with Gasteiger partial charge in [-0.2, -0.15) is 4.98 Å². The van der Waals surface area contributed by atoms with Crippen LogP contribution in [0.4, 0.5) is 5.82 Å². The second kappa shape index (κ2) is 6.15. The van der Waals surface area contributed by atoms with E-state index in [1.54, 1.807) is 12.1 Å². The highest BCUT2D eigenvalue weighted by molar-refractivity contribution is 5.41. The molecule has 0 unspecified atom stereocenters. The van der Waals surface area contributed by atoms with Crippen molar-refractivity contribution in [1.82, 2.24) is 9.97 Å². The molecule has 0 fully saturated rings. The third kappa shape index (κ3) is 3.42. The van der Waals surface area contributed by atoms with E-state index in [1.165, 1.54) is 0 Å². The minimum atomic E-state index is -0.0691. The smallest absolute Gasteiger partial charge is 0.224 e. The molecular formula is C14H17N3O2. The first-order valence-corrected chi connectivity index (χ1v) is 6.19. The van der Waals surface area contributed by atoms with Crippen LogP contribution in [0.15, 0.2) is 30.3 Å². The molecule has 0 atom stereocenters. The summed E-state index contributed by atoms with van der Waals surface area (Å²) in [6, 6.07) is 9.07. The molecule has 2 rings (SSSR count). The van der Waals surface area contributed by atoms with Gasteiger partial charge in [0.2, 0.25) is 5.88 Å². The van der Waals surface area contributed by atoms with Gasteiger partial charge in [0.15, 0.2) is 0 Å². The lowest BCUT2D eigenvalue weighted by molar-refractivity contribution is 0.276. The van der Waals surface area contributed by atoms with Gasteiger partial charge in [-0.1, -0.05) is 18.2 Å². The number of aromatic nitrogens is 2. The fourth-order valence-corrected chi connectivity index (χ4v) is 1.71. The average Bonchev–Trinajstić information content (AvgIpc) is 2.39. The van der Waals surface area contributed by atoms with Crippen LogP contribution >= 0.6 is 0 Å². The number of aliphatic hydroxyl groups excluding tert-OH is 1. The summed E-state index contributed by atoms with van der Waals surface area (Å²) in [6.45, 7) is 4.52. The van der Waals surface area contributed by atoms with E-state index in [2.05, 4.69) is 15.3 Å². The van der Waals surface area contributed by atoms with Crippen LogP contribution in [-0.2, 0) is 6.61 Å². The van der Waals surface area contributed by atoms with Gasteiger partial charge in [-0.15, -0.1) is 0 Å². The highest BCUT2D eigenvalue weighted by Gasteiger charge is 2.06. The van der Waals surface area contributed by atoms with Crippen molar-refractivity contribution in [3.63, 3.8) is 0 Å². The molecule has 0 saturated heterocycles. The van der Waals surface area contributed by atoms with Crippen molar-refractivity contribution in [3.8, 4) is 11.6 Å². The van der Waals surface area contributed by atoms with E-state index in [4.69, 9.17) is 4.74 Å². The third-order valence-corrected chi connectivity index (χ3v) is 2.53. The summed E-state index contributed by atoms with van der Waals surface area (Å²) in [4.78, 5) is 8.49. The quantitative estimate of drug-likeness (QED) is 0.863. The number of ether oxygens (including phenoxy) is 1. The van der Waals surface area contributed by atoms with Crippen molar-refractivity contribution in [2.75, 3.05) is 11.9 Å². The molecule has 2 aromatic rings. The Kier molecular flexibility index (Phi) is 4.30. The molecule has 5 nitrogen and oxygen atoms in total. The fraction of sp³-hybridized carbons (Fsp3) is 0.286. The molecular weight excluding hydrogens is 242 g/mol. The molecule has 1 aromatic heterocycles. The number of hydrogen-bond acceptors (Lipinski definition) is 5. The molecule has 5 heteroatoms. The zero-order chi connectivity index (χ0) is 13.7. The summed E-state index contributed by atoms with van der Waals surface area (Å²) in [7, 11) is 0. The zero-order valence-electron chi connectivity index (χ0n) is 11.1. The molecule has 100 valence electrons. The fourth-order valence-electron chi connectivity index (χ4n) is 1.71. The lowest BCUT2D eigenvalue weighted by Gasteiger charge is -2.10. The summed E-state index contributed by atoms with van der Waals surface area (Å²) in [5.74, 6) is 2.43. The summed E-state index contributed by atoms with van der Waals surface area (Å²) in [5, 5.41) is 12.4. The van der Waals surface area contributed by atoms with Crippen molar-refractivity contribution >= 4 is 5.82 Å². The summed E-state index contributed by atoms with van der Waals surface area (Å²) in [5.41, 5.74) is 0.726. The number of nitrogens with one attached hydrogen (secondary N) is 1. The number of benzene rings is 1. The van der Waals surface area contributed by atoms with Crippen molar-refractivity contribution in [3.05, 3.63) is 41.7 Å². The molecule has 0 aliphatic heterocycles. The molecule has 0 aliphatic carbocycles. The summed E-state index contributed by atoms with van der Waals surface area (Å²) < 4.78 is 5.72. The molecule has 19 heavy (non-hydrogen) atoms. The summed E-state index contributed by atoms with van der Waals surface area (Å²) >= 11 is 0. The maximum absolute atomic E-state index is 9.26. The van der Waals surface area contributed by atoms with Crippen LogP contribution in [0, 0.1) is 6.92 Å². The van der Waals surface area contributed by atoms with Gasteiger partial charge in [0.25, 0.3) is 0 Å². The largest absolute Gasteiger partial charge is 0.438 e. The molecule has 1 aromatic carbocycles. The van der Waals surface area contributed by atoms with Crippen LogP contribution in [0.2, 0.25) is 0 Å². The van der Waals surface area contributed by atoms with Crippen molar-refractivity contribution < 1.29 is 9.84 Å². The lowest BCUT2D eigenvalue weighted by Crippen LogP contribution is -2.03.